The van der Waals surface area contributed by atoms with Crippen LogP contribution in [0.1, 0.15) is 51.5 Å². The zero-order valence-electron chi connectivity index (χ0n) is 13.1. The van der Waals surface area contributed by atoms with Gasteiger partial charge in [-0.3, -0.25) is 14.3 Å². The Hall–Kier alpha value is -1.85. The van der Waals surface area contributed by atoms with Gasteiger partial charge in [-0.05, 0) is 19.3 Å². The second kappa shape index (κ2) is 6.50. The molecule has 6 nitrogen and oxygen atoms in total. The largest absolute Gasteiger partial charge is 0.340 e. The lowest BCUT2D eigenvalue weighted by molar-refractivity contribution is -0.135. The van der Waals surface area contributed by atoms with Crippen molar-refractivity contribution in [3.05, 3.63) is 12.3 Å². The molecule has 2 aliphatic rings. The summed E-state index contributed by atoms with van der Waals surface area (Å²) in [4.78, 5) is 25.6. The van der Waals surface area contributed by atoms with Crippen LogP contribution >= 0.6 is 0 Å². The van der Waals surface area contributed by atoms with Crippen molar-refractivity contribution < 1.29 is 9.59 Å². The van der Waals surface area contributed by atoms with Crippen LogP contribution < -0.4 is 5.32 Å². The van der Waals surface area contributed by atoms with Crippen LogP contribution in [0.5, 0.6) is 0 Å². The van der Waals surface area contributed by atoms with Crippen LogP contribution in [0.2, 0.25) is 0 Å². The van der Waals surface area contributed by atoms with Gasteiger partial charge in [0.15, 0.2) is 5.82 Å². The molecule has 1 aromatic rings. The maximum Gasteiger partial charge on any atom is 0.225 e. The summed E-state index contributed by atoms with van der Waals surface area (Å²) >= 11 is 0. The fourth-order valence-corrected chi connectivity index (χ4v) is 3.55. The average molecular weight is 304 g/mol. The topological polar surface area (TPSA) is 67.2 Å². The zero-order valence-corrected chi connectivity index (χ0v) is 13.1. The number of likely N-dealkylation sites (tertiary alicyclic amines) is 1. The number of nitrogens with one attached hydrogen (secondary N) is 1. The first kappa shape index (κ1) is 15.1. The van der Waals surface area contributed by atoms with Crippen LogP contribution in [0.3, 0.4) is 0 Å². The zero-order chi connectivity index (χ0) is 15.5. The number of rotatable bonds is 3. The van der Waals surface area contributed by atoms with E-state index in [0.29, 0.717) is 11.7 Å². The first-order chi connectivity index (χ1) is 10.6. The van der Waals surface area contributed by atoms with Gasteiger partial charge in [-0.25, -0.2) is 0 Å². The summed E-state index contributed by atoms with van der Waals surface area (Å²) in [5, 5.41) is 7.07. The van der Waals surface area contributed by atoms with E-state index in [1.54, 1.807) is 6.07 Å². The Bertz CT molecular complexity index is 548. The number of aromatic nitrogens is 2. The molecule has 0 radical (unpaired) electrons. The van der Waals surface area contributed by atoms with Crippen molar-refractivity contribution in [1.82, 2.24) is 14.7 Å². The van der Waals surface area contributed by atoms with Crippen LogP contribution in [-0.4, -0.2) is 39.6 Å². The van der Waals surface area contributed by atoms with E-state index in [1.165, 1.54) is 26.2 Å². The van der Waals surface area contributed by atoms with Crippen LogP contribution in [0.15, 0.2) is 12.3 Å². The lowest BCUT2D eigenvalue weighted by Gasteiger charge is -2.26. The molecule has 0 spiro atoms. The lowest BCUT2D eigenvalue weighted by atomic mass is 9.88. The minimum absolute atomic E-state index is 0.120. The minimum Gasteiger partial charge on any atom is -0.340 e. The van der Waals surface area contributed by atoms with Gasteiger partial charge in [0.25, 0.3) is 0 Å². The summed E-state index contributed by atoms with van der Waals surface area (Å²) in [5.74, 6) is 1.02. The molecule has 0 aromatic carbocycles. The molecule has 1 aliphatic carbocycles. The third-order valence-electron chi connectivity index (χ3n) is 4.72. The molecule has 2 heterocycles. The summed E-state index contributed by atoms with van der Waals surface area (Å²) in [5.41, 5.74) is 0. The molecule has 1 aromatic heterocycles. The Kier molecular flexibility index (Phi) is 4.45. The summed E-state index contributed by atoms with van der Waals surface area (Å²) in [6, 6.07) is 2.02. The summed E-state index contributed by atoms with van der Waals surface area (Å²) in [6.45, 7) is 3.02. The summed E-state index contributed by atoms with van der Waals surface area (Å²) in [7, 11) is 0. The molecule has 2 fully saturated rings. The highest BCUT2D eigenvalue weighted by Crippen LogP contribution is 2.29. The molecule has 1 saturated heterocycles. The Balaban J connectivity index is 1.58. The quantitative estimate of drug-likeness (QED) is 0.931. The second-order valence-electron chi connectivity index (χ2n) is 6.42. The fourth-order valence-electron chi connectivity index (χ4n) is 3.55. The fraction of sp³-hybridized carbons (Fsp3) is 0.688. The molecule has 6 heteroatoms. The van der Waals surface area contributed by atoms with E-state index in [9.17, 15) is 9.59 Å². The van der Waals surface area contributed by atoms with Crippen molar-refractivity contribution >= 4 is 17.6 Å². The van der Waals surface area contributed by atoms with Gasteiger partial charge in [0, 0.05) is 38.2 Å². The van der Waals surface area contributed by atoms with Crippen molar-refractivity contribution in [1.29, 1.82) is 0 Å². The van der Waals surface area contributed by atoms with Gasteiger partial charge in [-0.15, -0.1) is 0 Å². The number of anilines is 1. The van der Waals surface area contributed by atoms with Crippen molar-refractivity contribution in [3.8, 4) is 0 Å². The highest BCUT2D eigenvalue weighted by Gasteiger charge is 2.32. The molecule has 3 rings (SSSR count). The maximum absolute atomic E-state index is 12.6. The molecule has 120 valence electrons. The number of carbonyl (C=O) groups excluding carboxylic acids is 2. The number of carbonyl (C=O) groups is 2. The van der Waals surface area contributed by atoms with E-state index in [4.69, 9.17) is 0 Å². The number of hydrogen-bond donors (Lipinski definition) is 1. The molecular weight excluding hydrogens is 280 g/mol. The number of hydrogen-bond acceptors (Lipinski definition) is 3. The van der Waals surface area contributed by atoms with E-state index < -0.39 is 0 Å². The molecule has 2 amide bonds. The highest BCUT2D eigenvalue weighted by atomic mass is 16.2. The molecule has 22 heavy (non-hydrogen) atoms. The lowest BCUT2D eigenvalue weighted by Crippen LogP contribution is -2.35. The third-order valence-corrected chi connectivity index (χ3v) is 4.72. The highest BCUT2D eigenvalue weighted by molar-refractivity contribution is 5.87. The van der Waals surface area contributed by atoms with Gasteiger partial charge in [0.1, 0.15) is 0 Å². The van der Waals surface area contributed by atoms with Gasteiger partial charge in [-0.1, -0.05) is 19.3 Å². The molecule has 0 unspecified atom stereocenters. The van der Waals surface area contributed by atoms with Crippen LogP contribution in [0, 0.1) is 5.92 Å². The van der Waals surface area contributed by atoms with Gasteiger partial charge in [-0.2, -0.15) is 5.10 Å². The van der Waals surface area contributed by atoms with E-state index in [1.807, 2.05) is 15.8 Å². The Morgan fingerprint density at radius 2 is 2.00 bits per heavy atom. The molecule has 1 N–H and O–H groups in total. The standard InChI is InChI=1S/C16H24N4O2/c1-12(21)17-15-8-10-20(18-15)14-7-9-19(11-14)16(22)13-5-3-2-4-6-13/h8,10,13-14H,2-7,9,11H2,1H3,(H,17,18,21)/t14-/m1/s1. The first-order valence-corrected chi connectivity index (χ1v) is 8.25. The molecule has 1 atom stereocenters. The van der Waals surface area contributed by atoms with Crippen molar-refractivity contribution in [3.63, 3.8) is 0 Å². The van der Waals surface area contributed by atoms with Crippen molar-refractivity contribution in [2.75, 3.05) is 18.4 Å². The van der Waals surface area contributed by atoms with E-state index in [0.717, 1.165) is 32.4 Å². The van der Waals surface area contributed by atoms with Crippen LogP contribution in [0.4, 0.5) is 5.82 Å². The normalized spacial score (nSPS) is 22.8. The second-order valence-corrected chi connectivity index (χ2v) is 6.42. The Morgan fingerprint density at radius 1 is 1.23 bits per heavy atom. The first-order valence-electron chi connectivity index (χ1n) is 8.25. The maximum atomic E-state index is 12.6. The van der Waals surface area contributed by atoms with Gasteiger partial charge >= 0.3 is 0 Å². The number of nitrogens with zero attached hydrogens (tertiary/aromatic N) is 3. The molecular formula is C16H24N4O2. The summed E-state index contributed by atoms with van der Waals surface area (Å²) < 4.78 is 1.87. The predicted molar refractivity (Wildman–Crippen MR) is 83.3 cm³/mol. The summed E-state index contributed by atoms with van der Waals surface area (Å²) in [6.07, 6.45) is 8.55. The smallest absolute Gasteiger partial charge is 0.225 e. The minimum atomic E-state index is -0.120. The molecule has 1 saturated carbocycles. The number of amides is 2. The molecule has 0 bridgehead atoms. The Labute approximate surface area is 130 Å². The SMILES string of the molecule is CC(=O)Nc1ccn([C@@H]2CCN(C(=O)C3CCCCC3)C2)n1. The van der Waals surface area contributed by atoms with E-state index in [-0.39, 0.29) is 17.9 Å². The average Bonchev–Trinajstić information content (AvgIpc) is 3.15. The predicted octanol–water partition coefficient (Wildman–Crippen LogP) is 2.20. The van der Waals surface area contributed by atoms with Crippen molar-refractivity contribution in [2.24, 2.45) is 5.92 Å². The van der Waals surface area contributed by atoms with Gasteiger partial charge in [0.05, 0.1) is 6.04 Å². The Morgan fingerprint density at radius 3 is 2.73 bits per heavy atom. The van der Waals surface area contributed by atoms with Gasteiger partial charge < -0.3 is 10.2 Å². The van der Waals surface area contributed by atoms with Gasteiger partial charge in [0.2, 0.25) is 11.8 Å². The monoisotopic (exact) mass is 304 g/mol. The third kappa shape index (κ3) is 3.31. The van der Waals surface area contributed by atoms with E-state index >= 15 is 0 Å². The van der Waals surface area contributed by atoms with Crippen molar-refractivity contribution in [2.45, 2.75) is 51.5 Å². The van der Waals surface area contributed by atoms with Crippen LogP contribution in [0.25, 0.3) is 0 Å². The van der Waals surface area contributed by atoms with Crippen LogP contribution in [-0.2, 0) is 9.59 Å². The molecule has 1 aliphatic heterocycles. The van der Waals surface area contributed by atoms with E-state index in [2.05, 4.69) is 10.4 Å².